The number of halogens is 2. The second kappa shape index (κ2) is 7.19. The van der Waals surface area contributed by atoms with E-state index in [1.54, 1.807) is 12.1 Å². The smallest absolute Gasteiger partial charge is 0.170 e. The predicted molar refractivity (Wildman–Crippen MR) is 81.5 cm³/mol. The lowest BCUT2D eigenvalue weighted by Gasteiger charge is -2.07. The molecule has 0 amide bonds. The lowest BCUT2D eigenvalue weighted by Crippen LogP contribution is -2.13. The molecule has 0 radical (unpaired) electrons. The summed E-state index contributed by atoms with van der Waals surface area (Å²) in [4.78, 5) is 0. The molecule has 0 aliphatic rings. The number of hydrogen-bond acceptors (Lipinski definition) is 3. The molecule has 4 nitrogen and oxygen atoms in total. The van der Waals surface area contributed by atoms with Gasteiger partial charge in [0.25, 0.3) is 0 Å². The molecule has 2 rings (SSSR count). The average molecular weight is 353 g/mol. The maximum absolute atomic E-state index is 13.8. The molecule has 0 spiro atoms. The highest BCUT2D eigenvalue weighted by molar-refractivity contribution is 9.10. The first-order valence-electron chi connectivity index (χ1n) is 6.18. The SMILES string of the molecule is N/C(=N/O)c1ccc(COCc2ccc(Br)cc2)c(F)c1. The summed E-state index contributed by atoms with van der Waals surface area (Å²) in [5.41, 5.74) is 7.15. The monoisotopic (exact) mass is 352 g/mol. The summed E-state index contributed by atoms with van der Waals surface area (Å²) in [5, 5.41) is 11.4. The van der Waals surface area contributed by atoms with Crippen LogP contribution in [0, 0.1) is 5.82 Å². The zero-order valence-electron chi connectivity index (χ0n) is 11.1. The van der Waals surface area contributed by atoms with Gasteiger partial charge in [-0.15, -0.1) is 0 Å². The second-order valence-electron chi connectivity index (χ2n) is 4.41. The number of nitrogens with zero attached hydrogens (tertiary/aromatic N) is 1. The average Bonchev–Trinajstić information content (AvgIpc) is 2.50. The summed E-state index contributed by atoms with van der Waals surface area (Å²) < 4.78 is 20.3. The van der Waals surface area contributed by atoms with Crippen molar-refractivity contribution in [3.63, 3.8) is 0 Å². The Morgan fingerprint density at radius 1 is 1.19 bits per heavy atom. The Morgan fingerprint density at radius 2 is 1.90 bits per heavy atom. The van der Waals surface area contributed by atoms with Gasteiger partial charge in [0.05, 0.1) is 13.2 Å². The molecule has 0 fully saturated rings. The van der Waals surface area contributed by atoms with Crippen molar-refractivity contribution in [1.29, 1.82) is 0 Å². The molecule has 0 saturated carbocycles. The fraction of sp³-hybridized carbons (Fsp3) is 0.133. The predicted octanol–water partition coefficient (Wildman–Crippen LogP) is 3.40. The van der Waals surface area contributed by atoms with Crippen LogP contribution in [0.4, 0.5) is 4.39 Å². The van der Waals surface area contributed by atoms with Crippen LogP contribution in [0.25, 0.3) is 0 Å². The third-order valence-electron chi connectivity index (χ3n) is 2.90. The normalized spacial score (nSPS) is 11.6. The lowest BCUT2D eigenvalue weighted by molar-refractivity contribution is 0.105. The summed E-state index contributed by atoms with van der Waals surface area (Å²) in [6, 6.07) is 12.1. The van der Waals surface area contributed by atoms with E-state index in [1.807, 2.05) is 24.3 Å². The number of benzene rings is 2. The number of rotatable bonds is 5. The Hall–Kier alpha value is -1.92. The van der Waals surface area contributed by atoms with Gasteiger partial charge in [-0.1, -0.05) is 45.4 Å². The van der Waals surface area contributed by atoms with Gasteiger partial charge < -0.3 is 15.7 Å². The van der Waals surface area contributed by atoms with Crippen molar-refractivity contribution in [1.82, 2.24) is 0 Å². The molecule has 21 heavy (non-hydrogen) atoms. The minimum absolute atomic E-state index is 0.128. The van der Waals surface area contributed by atoms with E-state index >= 15 is 0 Å². The highest BCUT2D eigenvalue weighted by Crippen LogP contribution is 2.14. The third kappa shape index (κ3) is 4.27. The van der Waals surface area contributed by atoms with Gasteiger partial charge in [-0.05, 0) is 23.8 Å². The van der Waals surface area contributed by atoms with Crippen molar-refractivity contribution >= 4 is 21.8 Å². The molecular formula is C15H14BrFN2O2. The molecule has 2 aromatic carbocycles. The van der Waals surface area contributed by atoms with Crippen LogP contribution in [0.1, 0.15) is 16.7 Å². The van der Waals surface area contributed by atoms with E-state index in [4.69, 9.17) is 15.7 Å². The van der Waals surface area contributed by atoms with E-state index in [0.29, 0.717) is 17.7 Å². The Kier molecular flexibility index (Phi) is 5.30. The first-order chi connectivity index (χ1) is 10.1. The minimum Gasteiger partial charge on any atom is -0.409 e. The topological polar surface area (TPSA) is 67.8 Å². The van der Waals surface area contributed by atoms with Gasteiger partial charge in [0, 0.05) is 15.6 Å². The van der Waals surface area contributed by atoms with Crippen LogP contribution in [0.3, 0.4) is 0 Å². The van der Waals surface area contributed by atoms with Gasteiger partial charge in [0.15, 0.2) is 5.84 Å². The van der Waals surface area contributed by atoms with Crippen molar-refractivity contribution in [2.24, 2.45) is 10.9 Å². The highest BCUT2D eigenvalue weighted by Gasteiger charge is 2.06. The van der Waals surface area contributed by atoms with Gasteiger partial charge in [-0.25, -0.2) is 4.39 Å². The molecule has 2 aromatic rings. The molecule has 0 unspecified atom stereocenters. The minimum atomic E-state index is -0.449. The molecule has 6 heteroatoms. The number of hydrogen-bond donors (Lipinski definition) is 2. The van der Waals surface area contributed by atoms with E-state index in [9.17, 15) is 4.39 Å². The summed E-state index contributed by atoms with van der Waals surface area (Å²) in [6.07, 6.45) is 0. The molecule has 0 heterocycles. The largest absolute Gasteiger partial charge is 0.409 e. The Balaban J connectivity index is 1.96. The van der Waals surface area contributed by atoms with Crippen molar-refractivity contribution < 1.29 is 14.3 Å². The van der Waals surface area contributed by atoms with E-state index in [1.165, 1.54) is 6.07 Å². The van der Waals surface area contributed by atoms with Crippen LogP contribution in [0.2, 0.25) is 0 Å². The van der Waals surface area contributed by atoms with E-state index in [2.05, 4.69) is 21.1 Å². The second-order valence-corrected chi connectivity index (χ2v) is 5.33. The summed E-state index contributed by atoms with van der Waals surface area (Å²) in [6.45, 7) is 0.549. The number of ether oxygens (including phenoxy) is 1. The Labute approximate surface area is 130 Å². The van der Waals surface area contributed by atoms with Crippen molar-refractivity contribution in [3.05, 3.63) is 69.4 Å². The zero-order chi connectivity index (χ0) is 15.2. The van der Waals surface area contributed by atoms with Gasteiger partial charge in [0.1, 0.15) is 5.82 Å². The molecule has 0 aliphatic carbocycles. The lowest BCUT2D eigenvalue weighted by atomic mass is 10.1. The molecule has 3 N–H and O–H groups in total. The quantitative estimate of drug-likeness (QED) is 0.375. The zero-order valence-corrected chi connectivity index (χ0v) is 12.7. The van der Waals surface area contributed by atoms with Crippen LogP contribution < -0.4 is 5.73 Å². The Bertz CT molecular complexity index is 645. The first-order valence-corrected chi connectivity index (χ1v) is 6.98. The van der Waals surface area contributed by atoms with Crippen molar-refractivity contribution in [2.45, 2.75) is 13.2 Å². The molecule has 0 atom stereocenters. The van der Waals surface area contributed by atoms with Gasteiger partial charge in [-0.3, -0.25) is 0 Å². The van der Waals surface area contributed by atoms with E-state index < -0.39 is 5.82 Å². The standard InChI is InChI=1S/C15H14BrFN2O2/c16-13-5-1-10(2-6-13)8-21-9-12-4-3-11(7-14(12)17)15(18)19-20/h1-7,20H,8-9H2,(H2,18,19). The summed E-state index contributed by atoms with van der Waals surface area (Å²) >= 11 is 3.36. The summed E-state index contributed by atoms with van der Waals surface area (Å²) in [7, 11) is 0. The van der Waals surface area contributed by atoms with Gasteiger partial charge >= 0.3 is 0 Å². The van der Waals surface area contributed by atoms with Gasteiger partial charge in [-0.2, -0.15) is 0 Å². The van der Waals surface area contributed by atoms with Crippen molar-refractivity contribution in [2.75, 3.05) is 0 Å². The van der Waals surface area contributed by atoms with E-state index in [-0.39, 0.29) is 12.4 Å². The fourth-order valence-corrected chi connectivity index (χ4v) is 2.01. The first kappa shape index (κ1) is 15.5. The number of nitrogens with two attached hydrogens (primary N) is 1. The van der Waals surface area contributed by atoms with Crippen LogP contribution in [0.5, 0.6) is 0 Å². The Morgan fingerprint density at radius 3 is 2.52 bits per heavy atom. The van der Waals surface area contributed by atoms with Gasteiger partial charge in [0.2, 0.25) is 0 Å². The highest BCUT2D eigenvalue weighted by atomic mass is 79.9. The maximum atomic E-state index is 13.8. The van der Waals surface area contributed by atoms with Crippen LogP contribution in [0.15, 0.2) is 52.1 Å². The molecular weight excluding hydrogens is 339 g/mol. The molecule has 110 valence electrons. The molecule has 0 bridgehead atoms. The molecule has 0 aliphatic heterocycles. The van der Waals surface area contributed by atoms with Crippen LogP contribution >= 0.6 is 15.9 Å². The maximum Gasteiger partial charge on any atom is 0.170 e. The molecule has 0 saturated heterocycles. The van der Waals surface area contributed by atoms with E-state index in [0.717, 1.165) is 10.0 Å². The third-order valence-corrected chi connectivity index (χ3v) is 3.42. The number of oxime groups is 1. The van der Waals surface area contributed by atoms with Crippen LogP contribution in [-0.2, 0) is 18.0 Å². The fourth-order valence-electron chi connectivity index (χ4n) is 1.74. The van der Waals surface area contributed by atoms with Crippen LogP contribution in [-0.4, -0.2) is 11.0 Å². The van der Waals surface area contributed by atoms with Crippen molar-refractivity contribution in [3.8, 4) is 0 Å². The summed E-state index contributed by atoms with van der Waals surface area (Å²) in [5.74, 6) is -0.578. The molecule has 0 aromatic heterocycles. The number of amidine groups is 1.